The summed E-state index contributed by atoms with van der Waals surface area (Å²) < 4.78 is 0. The minimum Gasteiger partial charge on any atom is -0.370 e. The van der Waals surface area contributed by atoms with Crippen LogP contribution in [-0.4, -0.2) is 10.9 Å². The summed E-state index contributed by atoms with van der Waals surface area (Å²) >= 11 is 1.58. The van der Waals surface area contributed by atoms with Crippen molar-refractivity contribution >= 4 is 22.4 Å². The Morgan fingerprint density at radius 2 is 1.92 bits per heavy atom. The van der Waals surface area contributed by atoms with Crippen molar-refractivity contribution in [3.05, 3.63) is 45.5 Å². The van der Waals surface area contributed by atoms with Crippen LogP contribution >= 0.6 is 11.3 Å². The van der Waals surface area contributed by atoms with E-state index in [1.165, 1.54) is 35.4 Å². The Morgan fingerprint density at radius 3 is 2.62 bits per heavy atom. The fraction of sp³-hybridized carbons (Fsp3) is 0.524. The van der Waals surface area contributed by atoms with Gasteiger partial charge in [-0.3, -0.25) is 0 Å². The molecule has 1 aromatic carbocycles. The summed E-state index contributed by atoms with van der Waals surface area (Å²) in [5.41, 5.74) is 17.1. The largest absolute Gasteiger partial charge is 0.370 e. The highest BCUT2D eigenvalue weighted by atomic mass is 32.1. The molecule has 0 spiro atoms. The molecule has 0 radical (unpaired) electrons. The molecule has 0 saturated heterocycles. The summed E-state index contributed by atoms with van der Waals surface area (Å²) in [6, 6.07) is 6.85. The number of fused-ring (bicyclic) bond motifs is 1. The van der Waals surface area contributed by atoms with E-state index in [1.54, 1.807) is 22.5 Å². The van der Waals surface area contributed by atoms with Crippen LogP contribution in [0.15, 0.2) is 23.2 Å². The summed E-state index contributed by atoms with van der Waals surface area (Å²) in [4.78, 5) is 10.1. The first kappa shape index (κ1) is 18.9. The predicted octanol–water partition coefficient (Wildman–Crippen LogP) is 4.78. The molecule has 2 aliphatic rings. The van der Waals surface area contributed by atoms with Gasteiger partial charge in [-0.15, -0.1) is 0 Å². The molecular formula is C21H30N4S. The molecule has 0 aliphatic heterocycles. The molecule has 0 amide bonds. The molecule has 0 unspecified atom stereocenters. The molecule has 2 aliphatic carbocycles. The highest BCUT2D eigenvalue weighted by Gasteiger charge is 2.61. The van der Waals surface area contributed by atoms with E-state index in [0.717, 1.165) is 0 Å². The lowest BCUT2D eigenvalue weighted by molar-refractivity contribution is 0.597. The van der Waals surface area contributed by atoms with E-state index in [0.29, 0.717) is 17.0 Å². The number of thiazole rings is 1. The Balaban J connectivity index is 0.000000948. The number of aliphatic imine (C=N–C) groups is 1. The minimum atomic E-state index is 0.0720. The first-order valence-corrected chi connectivity index (χ1v) is 10.4. The fourth-order valence-electron chi connectivity index (χ4n) is 4.51. The number of rotatable bonds is 3. The van der Waals surface area contributed by atoms with Crippen LogP contribution in [0, 0.1) is 12.3 Å². The lowest BCUT2D eigenvalue weighted by atomic mass is 9.95. The third kappa shape index (κ3) is 3.13. The third-order valence-electron chi connectivity index (χ3n) is 5.69. The molecule has 26 heavy (non-hydrogen) atoms. The van der Waals surface area contributed by atoms with Crippen LogP contribution in [0.1, 0.15) is 73.2 Å². The first-order chi connectivity index (χ1) is 12.4. The summed E-state index contributed by atoms with van der Waals surface area (Å²) in [5.74, 6) is 1.06. The average molecular weight is 371 g/mol. The Morgan fingerprint density at radius 1 is 1.19 bits per heavy atom. The van der Waals surface area contributed by atoms with E-state index in [9.17, 15) is 0 Å². The fourth-order valence-corrected chi connectivity index (χ4v) is 5.36. The van der Waals surface area contributed by atoms with Crippen molar-refractivity contribution in [2.75, 3.05) is 0 Å². The normalized spacial score (nSPS) is 22.2. The Bertz CT molecular complexity index is 831. The molecule has 4 N–H and O–H groups in total. The van der Waals surface area contributed by atoms with Crippen LogP contribution in [0.2, 0.25) is 0 Å². The van der Waals surface area contributed by atoms with Gasteiger partial charge in [-0.2, -0.15) is 4.99 Å². The van der Waals surface area contributed by atoms with Crippen LogP contribution in [0.5, 0.6) is 0 Å². The summed E-state index contributed by atoms with van der Waals surface area (Å²) in [5, 5.41) is 0.669. The molecule has 2 aromatic rings. The van der Waals surface area contributed by atoms with Crippen LogP contribution in [-0.2, 0) is 12.8 Å². The zero-order valence-corrected chi connectivity index (χ0v) is 17.3. The van der Waals surface area contributed by atoms with Gasteiger partial charge < -0.3 is 11.5 Å². The molecule has 1 aromatic heterocycles. The molecule has 5 heteroatoms. The van der Waals surface area contributed by atoms with Gasteiger partial charge in [0.25, 0.3) is 0 Å². The van der Waals surface area contributed by atoms with Crippen molar-refractivity contribution in [1.29, 1.82) is 0 Å². The second-order valence-corrected chi connectivity index (χ2v) is 8.77. The summed E-state index contributed by atoms with van der Waals surface area (Å²) in [7, 11) is 0. The summed E-state index contributed by atoms with van der Waals surface area (Å²) in [6.45, 7) is 10.8. The predicted molar refractivity (Wildman–Crippen MR) is 111 cm³/mol. The van der Waals surface area contributed by atoms with E-state index in [4.69, 9.17) is 16.5 Å². The van der Waals surface area contributed by atoms with E-state index >= 15 is 0 Å². The van der Waals surface area contributed by atoms with E-state index in [2.05, 4.69) is 44.0 Å². The van der Waals surface area contributed by atoms with Gasteiger partial charge in [-0.1, -0.05) is 57.2 Å². The zero-order valence-electron chi connectivity index (χ0n) is 16.5. The molecule has 1 heterocycles. The molecular weight excluding hydrogens is 340 g/mol. The number of aryl methyl sites for hydroxylation is 2. The maximum absolute atomic E-state index is 5.50. The molecule has 1 fully saturated rings. The lowest BCUT2D eigenvalue weighted by Gasteiger charge is -2.09. The minimum absolute atomic E-state index is 0.0720. The van der Waals surface area contributed by atoms with Crippen molar-refractivity contribution in [2.24, 2.45) is 21.9 Å². The maximum atomic E-state index is 5.50. The van der Waals surface area contributed by atoms with Crippen LogP contribution in [0.4, 0.5) is 5.13 Å². The number of nitrogens with two attached hydrogens (primary N) is 2. The molecule has 0 bridgehead atoms. The molecule has 4 rings (SSSR count). The van der Waals surface area contributed by atoms with Gasteiger partial charge in [0.1, 0.15) is 0 Å². The molecule has 2 atom stereocenters. The molecule has 1 saturated carbocycles. The second-order valence-electron chi connectivity index (χ2n) is 7.59. The standard InChI is InChI=1S/C19H24N4S.C2H6/c1-10-16(22-18(24-10)23-17(20)21)15-14(19(15,2)3)13-9-5-7-11-6-4-8-12(11)13;1-2/h5,7,9,14-15H,4,6,8H2,1-3H3,(H4,20,21,22,23);1-2H3/t14-,15+;/m1./s1. The van der Waals surface area contributed by atoms with Crippen LogP contribution in [0.25, 0.3) is 0 Å². The maximum Gasteiger partial charge on any atom is 0.212 e. The van der Waals surface area contributed by atoms with Crippen LogP contribution in [0.3, 0.4) is 0 Å². The number of nitrogens with zero attached hydrogens (tertiary/aromatic N) is 2. The van der Waals surface area contributed by atoms with Gasteiger partial charge in [0.15, 0.2) is 5.96 Å². The van der Waals surface area contributed by atoms with E-state index in [1.807, 2.05) is 13.8 Å². The van der Waals surface area contributed by atoms with Gasteiger partial charge >= 0.3 is 0 Å². The van der Waals surface area contributed by atoms with E-state index in [-0.39, 0.29) is 11.4 Å². The van der Waals surface area contributed by atoms with Gasteiger partial charge in [-0.25, -0.2) is 4.98 Å². The van der Waals surface area contributed by atoms with Crippen molar-refractivity contribution in [1.82, 2.24) is 4.98 Å². The van der Waals surface area contributed by atoms with Gasteiger partial charge in [-0.05, 0) is 54.2 Å². The van der Waals surface area contributed by atoms with Gasteiger partial charge in [0, 0.05) is 10.8 Å². The van der Waals surface area contributed by atoms with Crippen LogP contribution < -0.4 is 11.5 Å². The summed E-state index contributed by atoms with van der Waals surface area (Å²) in [6.07, 6.45) is 3.74. The second kappa shape index (κ2) is 7.03. The highest BCUT2D eigenvalue weighted by Crippen LogP contribution is 2.71. The number of benzene rings is 1. The number of guanidine groups is 1. The van der Waals surface area contributed by atoms with Crippen molar-refractivity contribution < 1.29 is 0 Å². The smallest absolute Gasteiger partial charge is 0.212 e. The molecule has 140 valence electrons. The topological polar surface area (TPSA) is 77.3 Å². The number of aromatic nitrogens is 1. The lowest BCUT2D eigenvalue weighted by Crippen LogP contribution is -2.21. The number of hydrogen-bond donors (Lipinski definition) is 2. The average Bonchev–Trinajstić information content (AvgIpc) is 2.96. The quantitative estimate of drug-likeness (QED) is 0.603. The highest BCUT2D eigenvalue weighted by molar-refractivity contribution is 7.15. The van der Waals surface area contributed by atoms with Crippen molar-refractivity contribution in [2.45, 2.75) is 65.7 Å². The van der Waals surface area contributed by atoms with Crippen molar-refractivity contribution in [3.63, 3.8) is 0 Å². The van der Waals surface area contributed by atoms with Gasteiger partial charge in [0.05, 0.1) is 5.69 Å². The van der Waals surface area contributed by atoms with E-state index < -0.39 is 0 Å². The Kier molecular flexibility index (Phi) is 5.11. The monoisotopic (exact) mass is 370 g/mol. The molecule has 4 nitrogen and oxygen atoms in total. The number of hydrogen-bond acceptors (Lipinski definition) is 3. The van der Waals surface area contributed by atoms with Gasteiger partial charge in [0.2, 0.25) is 5.13 Å². The zero-order chi connectivity index (χ0) is 19.1. The Hall–Kier alpha value is -1.88. The Labute approximate surface area is 160 Å². The van der Waals surface area contributed by atoms with Crippen molar-refractivity contribution in [3.8, 4) is 0 Å². The third-order valence-corrected chi connectivity index (χ3v) is 6.57. The first-order valence-electron chi connectivity index (χ1n) is 9.57. The SMILES string of the molecule is CC.Cc1sc(N=C(N)N)nc1[C@@H]1[C@@H](c2cccc3c2CCC3)C1(C)C.